The molecule has 0 radical (unpaired) electrons. The third-order valence-corrected chi connectivity index (χ3v) is 4.33. The molecule has 25 heavy (non-hydrogen) atoms. The Morgan fingerprint density at radius 3 is 2.24 bits per heavy atom. The van der Waals surface area contributed by atoms with Crippen LogP contribution in [-0.2, 0) is 14.3 Å². The molecular formula is C18H25N3O4. The lowest BCUT2D eigenvalue weighted by molar-refractivity contribution is -0.150. The predicted molar refractivity (Wildman–Crippen MR) is 93.8 cm³/mol. The quantitative estimate of drug-likeness (QED) is 0.576. The first kappa shape index (κ1) is 18.8. The van der Waals surface area contributed by atoms with Gasteiger partial charge < -0.3 is 9.64 Å². The van der Waals surface area contributed by atoms with Gasteiger partial charge in [-0.1, -0.05) is 6.92 Å². The Labute approximate surface area is 147 Å². The van der Waals surface area contributed by atoms with E-state index in [1.807, 2.05) is 19.1 Å². The zero-order valence-electron chi connectivity index (χ0n) is 14.9. The average Bonchev–Trinajstić information content (AvgIpc) is 3.36. The van der Waals surface area contributed by atoms with Gasteiger partial charge >= 0.3 is 5.97 Å². The van der Waals surface area contributed by atoms with Crippen molar-refractivity contribution >= 4 is 23.5 Å². The van der Waals surface area contributed by atoms with Gasteiger partial charge in [0.05, 0.1) is 5.92 Å². The fraction of sp³-hybridized carbons (Fsp3) is 0.500. The summed E-state index contributed by atoms with van der Waals surface area (Å²) in [5, 5.41) is 0. The molecule has 1 fully saturated rings. The maximum Gasteiger partial charge on any atom is 0.309 e. The van der Waals surface area contributed by atoms with Crippen LogP contribution < -0.4 is 15.8 Å². The number of anilines is 1. The van der Waals surface area contributed by atoms with Gasteiger partial charge in [0, 0.05) is 24.3 Å². The van der Waals surface area contributed by atoms with Crippen molar-refractivity contribution < 1.29 is 19.1 Å². The zero-order chi connectivity index (χ0) is 18.4. The van der Waals surface area contributed by atoms with E-state index in [0.717, 1.165) is 25.2 Å². The smallest absolute Gasteiger partial charge is 0.309 e. The fourth-order valence-electron chi connectivity index (χ4n) is 2.54. The number of carbonyl (C=O) groups is 3. The molecule has 1 aromatic rings. The van der Waals surface area contributed by atoms with Gasteiger partial charge in [-0.05, 0) is 50.5 Å². The van der Waals surface area contributed by atoms with E-state index in [-0.39, 0.29) is 11.9 Å². The first-order chi connectivity index (χ1) is 12.0. The van der Waals surface area contributed by atoms with Crippen LogP contribution in [0.25, 0.3) is 0 Å². The van der Waals surface area contributed by atoms with Gasteiger partial charge in [-0.25, -0.2) is 0 Å². The van der Waals surface area contributed by atoms with Gasteiger partial charge in [-0.2, -0.15) is 0 Å². The summed E-state index contributed by atoms with van der Waals surface area (Å²) in [6, 6.07) is 7.12. The minimum atomic E-state index is -0.574. The van der Waals surface area contributed by atoms with Crippen molar-refractivity contribution in [3.8, 4) is 0 Å². The first-order valence-corrected chi connectivity index (χ1v) is 8.57. The summed E-state index contributed by atoms with van der Waals surface area (Å²) < 4.78 is 4.90. The standard InChI is InChI=1S/C18H25N3O4/c1-4-21(5-2)14-8-6-13(7-9-14)17(23)20-19-16(22)11-25-18(24)15-10-12(15)3/h6-9,12,15H,4-5,10-11H2,1-3H3,(H,19,22)(H,20,23)/t12-,15-/m0/s1. The van der Waals surface area contributed by atoms with Gasteiger partial charge in [-0.15, -0.1) is 0 Å². The highest BCUT2D eigenvalue weighted by molar-refractivity contribution is 5.95. The third kappa shape index (κ3) is 5.20. The Morgan fingerprint density at radius 1 is 1.12 bits per heavy atom. The number of carbonyl (C=O) groups excluding carboxylic acids is 3. The second-order valence-corrected chi connectivity index (χ2v) is 6.15. The molecule has 1 aromatic carbocycles. The first-order valence-electron chi connectivity index (χ1n) is 8.57. The van der Waals surface area contributed by atoms with E-state index < -0.39 is 18.4 Å². The molecule has 0 bridgehead atoms. The van der Waals surface area contributed by atoms with Crippen LogP contribution in [0.4, 0.5) is 5.69 Å². The van der Waals surface area contributed by atoms with Crippen LogP contribution >= 0.6 is 0 Å². The molecule has 1 aliphatic rings. The van der Waals surface area contributed by atoms with E-state index in [1.54, 1.807) is 12.1 Å². The van der Waals surface area contributed by atoms with E-state index in [1.165, 1.54) is 0 Å². The number of ether oxygens (including phenoxy) is 1. The highest BCUT2D eigenvalue weighted by Gasteiger charge is 2.40. The number of esters is 1. The van der Waals surface area contributed by atoms with Crippen molar-refractivity contribution in [2.75, 3.05) is 24.6 Å². The molecule has 2 rings (SSSR count). The zero-order valence-corrected chi connectivity index (χ0v) is 14.9. The van der Waals surface area contributed by atoms with Crippen molar-refractivity contribution in [3.63, 3.8) is 0 Å². The Balaban J connectivity index is 1.75. The maximum atomic E-state index is 12.0. The second kappa shape index (κ2) is 8.50. The highest BCUT2D eigenvalue weighted by Crippen LogP contribution is 2.38. The number of nitrogens with one attached hydrogen (secondary N) is 2. The van der Waals surface area contributed by atoms with Crippen LogP contribution in [-0.4, -0.2) is 37.5 Å². The molecule has 2 N–H and O–H groups in total. The lowest BCUT2D eigenvalue weighted by Gasteiger charge is -2.21. The summed E-state index contributed by atoms with van der Waals surface area (Å²) in [6.45, 7) is 7.46. The molecule has 1 saturated carbocycles. The summed E-state index contributed by atoms with van der Waals surface area (Å²) in [6.07, 6.45) is 0.806. The lowest BCUT2D eigenvalue weighted by atomic mass is 10.2. The van der Waals surface area contributed by atoms with Crippen LogP contribution in [0.15, 0.2) is 24.3 Å². The van der Waals surface area contributed by atoms with Crippen molar-refractivity contribution in [3.05, 3.63) is 29.8 Å². The van der Waals surface area contributed by atoms with Gasteiger partial charge in [0.15, 0.2) is 6.61 Å². The van der Waals surface area contributed by atoms with Gasteiger partial charge in [0.2, 0.25) is 0 Å². The summed E-state index contributed by atoms with van der Waals surface area (Å²) in [4.78, 5) is 37.3. The number of hydrogen-bond acceptors (Lipinski definition) is 5. The van der Waals surface area contributed by atoms with Gasteiger partial charge in [-0.3, -0.25) is 25.2 Å². The highest BCUT2D eigenvalue weighted by atomic mass is 16.5. The second-order valence-electron chi connectivity index (χ2n) is 6.15. The number of hydrazine groups is 1. The van der Waals surface area contributed by atoms with E-state index in [9.17, 15) is 14.4 Å². The lowest BCUT2D eigenvalue weighted by Crippen LogP contribution is -2.43. The largest absolute Gasteiger partial charge is 0.455 e. The topological polar surface area (TPSA) is 87.7 Å². The Morgan fingerprint density at radius 2 is 1.72 bits per heavy atom. The maximum absolute atomic E-state index is 12.0. The van der Waals surface area contributed by atoms with Gasteiger partial charge in [0.1, 0.15) is 0 Å². The van der Waals surface area contributed by atoms with Crippen LogP contribution in [0.2, 0.25) is 0 Å². The van der Waals surface area contributed by atoms with E-state index in [4.69, 9.17) is 4.74 Å². The number of benzene rings is 1. The molecule has 2 atom stereocenters. The van der Waals surface area contributed by atoms with Crippen molar-refractivity contribution in [2.45, 2.75) is 27.2 Å². The van der Waals surface area contributed by atoms with Crippen LogP contribution in [0, 0.1) is 11.8 Å². The molecule has 0 unspecified atom stereocenters. The summed E-state index contributed by atoms with van der Waals surface area (Å²) in [5.74, 6) is -1.13. The van der Waals surface area contributed by atoms with Gasteiger partial charge in [0.25, 0.3) is 11.8 Å². The molecule has 2 amide bonds. The number of nitrogens with zero attached hydrogens (tertiary/aromatic N) is 1. The molecule has 0 aromatic heterocycles. The molecule has 7 heteroatoms. The van der Waals surface area contributed by atoms with Crippen molar-refractivity contribution in [2.24, 2.45) is 11.8 Å². The monoisotopic (exact) mass is 347 g/mol. The Hall–Kier alpha value is -2.57. The minimum Gasteiger partial charge on any atom is -0.455 e. The summed E-state index contributed by atoms with van der Waals surface area (Å²) in [5.41, 5.74) is 6.01. The number of rotatable bonds is 7. The normalized spacial score (nSPS) is 18.2. The van der Waals surface area contributed by atoms with E-state index in [0.29, 0.717) is 11.5 Å². The minimum absolute atomic E-state index is 0.0910. The fourth-order valence-corrected chi connectivity index (χ4v) is 2.54. The van der Waals surface area contributed by atoms with E-state index >= 15 is 0 Å². The van der Waals surface area contributed by atoms with Crippen molar-refractivity contribution in [1.82, 2.24) is 10.9 Å². The predicted octanol–water partition coefficient (Wildman–Crippen LogP) is 1.49. The molecule has 0 saturated heterocycles. The average molecular weight is 347 g/mol. The molecule has 0 heterocycles. The van der Waals surface area contributed by atoms with Crippen molar-refractivity contribution in [1.29, 1.82) is 0 Å². The van der Waals surface area contributed by atoms with Crippen LogP contribution in [0.3, 0.4) is 0 Å². The number of hydrogen-bond donors (Lipinski definition) is 2. The number of amides is 2. The third-order valence-electron chi connectivity index (χ3n) is 4.33. The summed E-state index contributed by atoms with van der Waals surface area (Å²) >= 11 is 0. The van der Waals surface area contributed by atoms with E-state index in [2.05, 4.69) is 29.6 Å². The Kier molecular flexibility index (Phi) is 6.38. The SMILES string of the molecule is CCN(CC)c1ccc(C(=O)NNC(=O)COC(=O)[C@H]2C[C@@H]2C)cc1. The molecular weight excluding hydrogens is 322 g/mol. The molecule has 0 spiro atoms. The summed E-state index contributed by atoms with van der Waals surface area (Å²) in [7, 11) is 0. The van der Waals surface area contributed by atoms with Crippen LogP contribution in [0.1, 0.15) is 37.6 Å². The molecule has 1 aliphatic carbocycles. The molecule has 136 valence electrons. The molecule has 7 nitrogen and oxygen atoms in total. The molecule has 0 aliphatic heterocycles. The van der Waals surface area contributed by atoms with Crippen LogP contribution in [0.5, 0.6) is 0 Å². The Bertz CT molecular complexity index is 626.